The molecular formula is C15H22ClN3O. The molecule has 0 aromatic heterocycles. The molecule has 1 heterocycles. The SMILES string of the molecule is CCNCCC(=O)N1CCN(c2ccccc2Cl)CC1. The van der Waals surface area contributed by atoms with Crippen LogP contribution in [0.4, 0.5) is 5.69 Å². The Bertz CT molecular complexity index is 444. The first-order valence-electron chi connectivity index (χ1n) is 7.20. The second-order valence-electron chi connectivity index (χ2n) is 4.92. The molecule has 1 aromatic rings. The number of benzene rings is 1. The summed E-state index contributed by atoms with van der Waals surface area (Å²) in [4.78, 5) is 16.2. The van der Waals surface area contributed by atoms with Gasteiger partial charge in [0.25, 0.3) is 0 Å². The number of nitrogens with one attached hydrogen (secondary N) is 1. The predicted octanol–water partition coefficient (Wildman–Crippen LogP) is 1.99. The fraction of sp³-hybridized carbons (Fsp3) is 0.533. The molecule has 0 bridgehead atoms. The monoisotopic (exact) mass is 295 g/mol. The summed E-state index contributed by atoms with van der Waals surface area (Å²) in [5.74, 6) is 0.241. The fourth-order valence-electron chi connectivity index (χ4n) is 2.44. The van der Waals surface area contributed by atoms with Crippen LogP contribution in [0, 0.1) is 0 Å². The van der Waals surface area contributed by atoms with Gasteiger partial charge in [-0.05, 0) is 18.7 Å². The van der Waals surface area contributed by atoms with E-state index in [0.29, 0.717) is 6.42 Å². The lowest BCUT2D eigenvalue weighted by Crippen LogP contribution is -2.49. The van der Waals surface area contributed by atoms with E-state index in [0.717, 1.165) is 50.0 Å². The average molecular weight is 296 g/mol. The summed E-state index contributed by atoms with van der Waals surface area (Å²) >= 11 is 6.21. The Balaban J connectivity index is 1.83. The number of nitrogens with zero attached hydrogens (tertiary/aromatic N) is 2. The first kappa shape index (κ1) is 15.1. The zero-order valence-corrected chi connectivity index (χ0v) is 12.7. The first-order chi connectivity index (χ1) is 9.72. The van der Waals surface area contributed by atoms with Gasteiger partial charge in [-0.3, -0.25) is 4.79 Å². The van der Waals surface area contributed by atoms with E-state index in [9.17, 15) is 4.79 Å². The highest BCUT2D eigenvalue weighted by molar-refractivity contribution is 6.33. The molecule has 110 valence electrons. The third-order valence-corrected chi connectivity index (χ3v) is 3.91. The molecule has 1 saturated heterocycles. The van der Waals surface area contributed by atoms with Crippen molar-refractivity contribution in [3.05, 3.63) is 29.3 Å². The molecule has 0 aliphatic carbocycles. The van der Waals surface area contributed by atoms with Gasteiger partial charge < -0.3 is 15.1 Å². The van der Waals surface area contributed by atoms with Crippen molar-refractivity contribution in [1.29, 1.82) is 0 Å². The van der Waals surface area contributed by atoms with E-state index < -0.39 is 0 Å². The highest BCUT2D eigenvalue weighted by Gasteiger charge is 2.21. The van der Waals surface area contributed by atoms with Gasteiger partial charge in [0.05, 0.1) is 10.7 Å². The zero-order chi connectivity index (χ0) is 14.4. The second-order valence-corrected chi connectivity index (χ2v) is 5.33. The van der Waals surface area contributed by atoms with Crippen LogP contribution in [0.15, 0.2) is 24.3 Å². The van der Waals surface area contributed by atoms with Crippen molar-refractivity contribution in [2.75, 3.05) is 44.2 Å². The van der Waals surface area contributed by atoms with E-state index in [4.69, 9.17) is 11.6 Å². The van der Waals surface area contributed by atoms with Gasteiger partial charge in [0.15, 0.2) is 0 Å². The van der Waals surface area contributed by atoms with Crippen molar-refractivity contribution in [1.82, 2.24) is 10.2 Å². The summed E-state index contributed by atoms with van der Waals surface area (Å²) in [5, 5.41) is 3.96. The number of piperazine rings is 1. The summed E-state index contributed by atoms with van der Waals surface area (Å²) in [7, 11) is 0. The molecule has 0 spiro atoms. The lowest BCUT2D eigenvalue weighted by atomic mass is 10.2. The minimum Gasteiger partial charge on any atom is -0.367 e. The standard InChI is InChI=1S/C15H22ClN3O/c1-2-17-8-7-15(20)19-11-9-18(10-12-19)14-6-4-3-5-13(14)16/h3-6,17H,2,7-12H2,1H3. The zero-order valence-electron chi connectivity index (χ0n) is 11.9. The van der Waals surface area contributed by atoms with E-state index in [1.54, 1.807) is 0 Å². The summed E-state index contributed by atoms with van der Waals surface area (Å²) in [5.41, 5.74) is 1.06. The largest absolute Gasteiger partial charge is 0.367 e. The maximum Gasteiger partial charge on any atom is 0.223 e. The summed E-state index contributed by atoms with van der Waals surface area (Å²) in [6, 6.07) is 7.87. The molecule has 1 N–H and O–H groups in total. The van der Waals surface area contributed by atoms with Gasteiger partial charge >= 0.3 is 0 Å². The van der Waals surface area contributed by atoms with Crippen molar-refractivity contribution in [3.63, 3.8) is 0 Å². The normalized spacial score (nSPS) is 15.5. The van der Waals surface area contributed by atoms with Gasteiger partial charge in [0.1, 0.15) is 0 Å². The van der Waals surface area contributed by atoms with Crippen LogP contribution in [0.25, 0.3) is 0 Å². The fourth-order valence-corrected chi connectivity index (χ4v) is 2.69. The second kappa shape index (κ2) is 7.50. The van der Waals surface area contributed by atoms with Crippen LogP contribution >= 0.6 is 11.6 Å². The predicted molar refractivity (Wildman–Crippen MR) is 83.4 cm³/mol. The number of halogens is 1. The molecule has 5 heteroatoms. The summed E-state index contributed by atoms with van der Waals surface area (Å²) in [6.07, 6.45) is 0.583. The van der Waals surface area contributed by atoms with Crippen LogP contribution in [-0.2, 0) is 4.79 Å². The van der Waals surface area contributed by atoms with Crippen LogP contribution in [-0.4, -0.2) is 50.1 Å². The molecule has 0 saturated carbocycles. The minimum absolute atomic E-state index is 0.241. The summed E-state index contributed by atoms with van der Waals surface area (Å²) < 4.78 is 0. The number of hydrogen-bond donors (Lipinski definition) is 1. The Morgan fingerprint density at radius 3 is 2.60 bits per heavy atom. The molecule has 1 aliphatic heterocycles. The number of amides is 1. The Morgan fingerprint density at radius 1 is 1.25 bits per heavy atom. The van der Waals surface area contributed by atoms with Crippen molar-refractivity contribution in [2.24, 2.45) is 0 Å². The smallest absolute Gasteiger partial charge is 0.223 e. The van der Waals surface area contributed by atoms with Gasteiger partial charge in [-0.25, -0.2) is 0 Å². The molecular weight excluding hydrogens is 274 g/mol. The number of carbonyl (C=O) groups is 1. The van der Waals surface area contributed by atoms with Crippen LogP contribution in [0.1, 0.15) is 13.3 Å². The van der Waals surface area contributed by atoms with Gasteiger partial charge in [-0.1, -0.05) is 30.7 Å². The first-order valence-corrected chi connectivity index (χ1v) is 7.58. The van der Waals surface area contributed by atoms with Crippen molar-refractivity contribution < 1.29 is 4.79 Å². The lowest BCUT2D eigenvalue weighted by molar-refractivity contribution is -0.131. The molecule has 20 heavy (non-hydrogen) atoms. The van der Waals surface area contributed by atoms with Crippen LogP contribution < -0.4 is 10.2 Å². The van der Waals surface area contributed by atoms with Gasteiger partial charge in [0, 0.05) is 39.1 Å². The molecule has 1 fully saturated rings. The molecule has 0 radical (unpaired) electrons. The molecule has 2 rings (SSSR count). The average Bonchev–Trinajstić information content (AvgIpc) is 2.48. The highest BCUT2D eigenvalue weighted by atomic mass is 35.5. The minimum atomic E-state index is 0.241. The van der Waals surface area contributed by atoms with Crippen molar-refractivity contribution >= 4 is 23.2 Å². The third kappa shape index (κ3) is 3.87. The van der Waals surface area contributed by atoms with E-state index in [1.165, 1.54) is 0 Å². The van der Waals surface area contributed by atoms with Crippen LogP contribution in [0.2, 0.25) is 5.02 Å². The Labute approximate surface area is 125 Å². The molecule has 1 aromatic carbocycles. The summed E-state index contributed by atoms with van der Waals surface area (Å²) in [6.45, 7) is 6.96. The van der Waals surface area contributed by atoms with Crippen molar-refractivity contribution in [3.8, 4) is 0 Å². The Kier molecular flexibility index (Phi) is 5.68. The molecule has 1 amide bonds. The Hall–Kier alpha value is -1.26. The van der Waals surface area contributed by atoms with Crippen LogP contribution in [0.3, 0.4) is 0 Å². The van der Waals surface area contributed by atoms with E-state index in [-0.39, 0.29) is 5.91 Å². The molecule has 0 atom stereocenters. The van der Waals surface area contributed by atoms with Gasteiger partial charge in [-0.2, -0.15) is 0 Å². The number of hydrogen-bond acceptors (Lipinski definition) is 3. The third-order valence-electron chi connectivity index (χ3n) is 3.59. The van der Waals surface area contributed by atoms with Crippen LogP contribution in [0.5, 0.6) is 0 Å². The lowest BCUT2D eigenvalue weighted by Gasteiger charge is -2.36. The van der Waals surface area contributed by atoms with Gasteiger partial charge in [0.2, 0.25) is 5.91 Å². The maximum absolute atomic E-state index is 12.0. The number of rotatable bonds is 5. The molecule has 4 nitrogen and oxygen atoms in total. The molecule has 0 unspecified atom stereocenters. The van der Waals surface area contributed by atoms with Gasteiger partial charge in [-0.15, -0.1) is 0 Å². The number of para-hydroxylation sites is 1. The quantitative estimate of drug-likeness (QED) is 0.844. The van der Waals surface area contributed by atoms with E-state index >= 15 is 0 Å². The molecule has 1 aliphatic rings. The van der Waals surface area contributed by atoms with Crippen molar-refractivity contribution in [2.45, 2.75) is 13.3 Å². The van der Waals surface area contributed by atoms with E-state index in [2.05, 4.69) is 10.2 Å². The Morgan fingerprint density at radius 2 is 1.95 bits per heavy atom. The highest BCUT2D eigenvalue weighted by Crippen LogP contribution is 2.26. The topological polar surface area (TPSA) is 35.6 Å². The maximum atomic E-state index is 12.0. The van der Waals surface area contributed by atoms with E-state index in [1.807, 2.05) is 36.1 Å². The number of carbonyl (C=O) groups excluding carboxylic acids is 1. The number of anilines is 1.